The topological polar surface area (TPSA) is 61.8 Å². The molecule has 130 valence electrons. The molecule has 0 spiro atoms. The highest BCUT2D eigenvalue weighted by Gasteiger charge is 2.41. The molecule has 0 amide bonds. The summed E-state index contributed by atoms with van der Waals surface area (Å²) in [4.78, 5) is 11.3. The molecule has 0 saturated carbocycles. The lowest BCUT2D eigenvalue weighted by atomic mass is 9.96. The number of aromatic nitrogens is 1. The van der Waals surface area contributed by atoms with Crippen molar-refractivity contribution in [1.82, 2.24) is 15.6 Å². The Kier molecular flexibility index (Phi) is 6.90. The van der Waals surface area contributed by atoms with E-state index in [1.807, 2.05) is 19.0 Å². The van der Waals surface area contributed by atoms with Crippen LogP contribution in [0.5, 0.6) is 0 Å². The van der Waals surface area contributed by atoms with Crippen LogP contribution in [0.25, 0.3) is 0 Å². The Morgan fingerprint density at radius 1 is 1.48 bits per heavy atom. The zero-order valence-electron chi connectivity index (χ0n) is 13.9. The van der Waals surface area contributed by atoms with Gasteiger partial charge in [-0.3, -0.25) is 0 Å². The number of guanidine groups is 1. The third-order valence-corrected chi connectivity index (χ3v) is 5.15. The van der Waals surface area contributed by atoms with Crippen LogP contribution in [0.4, 0.5) is 5.13 Å². The highest BCUT2D eigenvalue weighted by Crippen LogP contribution is 2.34. The fourth-order valence-electron chi connectivity index (χ4n) is 3.02. The Bertz CT molecular complexity index is 536. The maximum absolute atomic E-state index is 5.89. The van der Waals surface area contributed by atoms with Crippen molar-refractivity contribution >= 4 is 46.4 Å². The highest BCUT2D eigenvalue weighted by atomic mass is 127. The molecule has 3 unspecified atom stereocenters. The van der Waals surface area contributed by atoms with Crippen LogP contribution in [0.15, 0.2) is 10.4 Å². The van der Waals surface area contributed by atoms with Crippen LogP contribution in [0.3, 0.4) is 0 Å². The smallest absolute Gasteiger partial charge is 0.191 e. The van der Waals surface area contributed by atoms with Gasteiger partial charge in [0.05, 0.1) is 30.5 Å². The number of thiazole rings is 1. The number of nitrogens with one attached hydrogen (secondary N) is 2. The number of hydrogen-bond donors (Lipinski definition) is 2. The van der Waals surface area contributed by atoms with Gasteiger partial charge in [-0.1, -0.05) is 0 Å². The molecule has 2 aliphatic rings. The first-order chi connectivity index (χ1) is 10.7. The van der Waals surface area contributed by atoms with Crippen molar-refractivity contribution in [2.45, 2.75) is 51.0 Å². The van der Waals surface area contributed by atoms with E-state index in [0.717, 1.165) is 29.8 Å². The first kappa shape index (κ1) is 18.7. The van der Waals surface area contributed by atoms with Crippen LogP contribution in [0, 0.1) is 0 Å². The fraction of sp³-hybridized carbons (Fsp3) is 0.733. The lowest BCUT2D eigenvalue weighted by molar-refractivity contribution is 0.0992. The van der Waals surface area contributed by atoms with E-state index >= 15 is 0 Å². The first-order valence-corrected chi connectivity index (χ1v) is 8.85. The molecule has 3 rings (SSSR count). The number of halogens is 1. The van der Waals surface area contributed by atoms with Gasteiger partial charge in [0.1, 0.15) is 0 Å². The second kappa shape index (κ2) is 8.48. The van der Waals surface area contributed by atoms with Crippen LogP contribution >= 0.6 is 35.3 Å². The van der Waals surface area contributed by atoms with Gasteiger partial charge in [0.15, 0.2) is 11.1 Å². The standard InChI is InChI=1S/C15H25N5OS.HI/c1-4-16-14(19-12-7-11-5-6-13(12)21-11)17-8-10-9-22-15(18-10)20(2)3;/h9,11-13H,4-8H2,1-3H3,(H2,16,17,19);1H. The first-order valence-electron chi connectivity index (χ1n) is 7.97. The molecule has 1 aromatic rings. The van der Waals surface area contributed by atoms with Crippen LogP contribution < -0.4 is 15.5 Å². The van der Waals surface area contributed by atoms with E-state index in [-0.39, 0.29) is 24.0 Å². The molecule has 0 aromatic carbocycles. The number of nitrogens with zero attached hydrogens (tertiary/aromatic N) is 3. The van der Waals surface area contributed by atoms with Crippen molar-refractivity contribution in [3.8, 4) is 0 Å². The Morgan fingerprint density at radius 3 is 2.87 bits per heavy atom. The Balaban J connectivity index is 0.00000192. The summed E-state index contributed by atoms with van der Waals surface area (Å²) in [6.45, 7) is 3.54. The lowest BCUT2D eigenvalue weighted by Gasteiger charge is -2.22. The maximum atomic E-state index is 5.89. The number of aliphatic imine (C=N–C) groups is 1. The van der Waals surface area contributed by atoms with Gasteiger partial charge in [-0.05, 0) is 26.2 Å². The summed E-state index contributed by atoms with van der Waals surface area (Å²) in [7, 11) is 4.01. The predicted octanol–water partition coefficient (Wildman–Crippen LogP) is 2.20. The van der Waals surface area contributed by atoms with Crippen molar-refractivity contribution in [1.29, 1.82) is 0 Å². The summed E-state index contributed by atoms with van der Waals surface area (Å²) in [6.07, 6.45) is 4.28. The number of anilines is 1. The summed E-state index contributed by atoms with van der Waals surface area (Å²) in [5, 5.41) is 9.94. The quantitative estimate of drug-likeness (QED) is 0.409. The SMILES string of the molecule is CCNC(=NCc1csc(N(C)C)n1)NC1CC2CCC1O2.I. The van der Waals surface area contributed by atoms with Crippen LogP contribution in [-0.4, -0.2) is 49.8 Å². The van der Waals surface area contributed by atoms with Gasteiger partial charge in [-0.2, -0.15) is 0 Å². The molecule has 8 heteroatoms. The molecule has 2 saturated heterocycles. The van der Waals surface area contributed by atoms with Crippen molar-refractivity contribution < 1.29 is 4.74 Å². The van der Waals surface area contributed by atoms with E-state index in [9.17, 15) is 0 Å². The summed E-state index contributed by atoms with van der Waals surface area (Å²) < 4.78 is 5.89. The molecule has 23 heavy (non-hydrogen) atoms. The summed E-state index contributed by atoms with van der Waals surface area (Å²) in [5.41, 5.74) is 1.01. The van der Waals surface area contributed by atoms with Crippen LogP contribution in [-0.2, 0) is 11.3 Å². The molecule has 2 aliphatic heterocycles. The molecule has 6 nitrogen and oxygen atoms in total. The molecular formula is C15H26IN5OS. The Hall–Kier alpha value is -0.610. The van der Waals surface area contributed by atoms with Crippen molar-refractivity contribution in [3.05, 3.63) is 11.1 Å². The van der Waals surface area contributed by atoms with E-state index in [0.29, 0.717) is 24.8 Å². The average Bonchev–Trinajstić information content (AvgIpc) is 3.21. The molecule has 0 radical (unpaired) electrons. The number of fused-ring (bicyclic) bond motifs is 2. The molecule has 2 fully saturated rings. The van der Waals surface area contributed by atoms with Gasteiger partial charge in [0.2, 0.25) is 0 Å². The minimum atomic E-state index is 0. The number of rotatable bonds is 5. The van der Waals surface area contributed by atoms with Gasteiger partial charge >= 0.3 is 0 Å². The van der Waals surface area contributed by atoms with E-state index in [1.165, 1.54) is 12.8 Å². The molecule has 3 atom stereocenters. The Labute approximate surface area is 159 Å². The van der Waals surface area contributed by atoms with Gasteiger partial charge in [0, 0.05) is 26.0 Å². The third-order valence-electron chi connectivity index (χ3n) is 4.09. The maximum Gasteiger partial charge on any atom is 0.191 e. The molecule has 1 aromatic heterocycles. The summed E-state index contributed by atoms with van der Waals surface area (Å²) >= 11 is 1.65. The predicted molar refractivity (Wildman–Crippen MR) is 106 cm³/mol. The zero-order valence-corrected chi connectivity index (χ0v) is 17.1. The van der Waals surface area contributed by atoms with Gasteiger partial charge in [0.25, 0.3) is 0 Å². The van der Waals surface area contributed by atoms with E-state index in [2.05, 4.69) is 32.9 Å². The monoisotopic (exact) mass is 451 g/mol. The average molecular weight is 451 g/mol. The van der Waals surface area contributed by atoms with Crippen LogP contribution in [0.2, 0.25) is 0 Å². The molecule has 2 bridgehead atoms. The van der Waals surface area contributed by atoms with Gasteiger partial charge < -0.3 is 20.3 Å². The second-order valence-electron chi connectivity index (χ2n) is 6.07. The molecule has 0 aliphatic carbocycles. The normalized spacial score (nSPS) is 26.0. The zero-order chi connectivity index (χ0) is 15.5. The number of ether oxygens (including phenoxy) is 1. The van der Waals surface area contributed by atoms with Crippen molar-refractivity contribution in [3.63, 3.8) is 0 Å². The lowest BCUT2D eigenvalue weighted by Crippen LogP contribution is -2.47. The molecular weight excluding hydrogens is 425 g/mol. The second-order valence-corrected chi connectivity index (χ2v) is 6.91. The summed E-state index contributed by atoms with van der Waals surface area (Å²) in [5.74, 6) is 0.864. The third kappa shape index (κ3) is 4.69. The van der Waals surface area contributed by atoms with Gasteiger partial charge in [-0.25, -0.2) is 9.98 Å². The minimum Gasteiger partial charge on any atom is -0.373 e. The van der Waals surface area contributed by atoms with E-state index in [4.69, 9.17) is 4.74 Å². The van der Waals surface area contributed by atoms with E-state index < -0.39 is 0 Å². The summed E-state index contributed by atoms with van der Waals surface area (Å²) in [6, 6.07) is 0.393. The van der Waals surface area contributed by atoms with Crippen molar-refractivity contribution in [2.24, 2.45) is 4.99 Å². The molecule has 3 heterocycles. The minimum absolute atomic E-state index is 0. The fourth-order valence-corrected chi connectivity index (χ4v) is 3.77. The van der Waals surface area contributed by atoms with E-state index in [1.54, 1.807) is 11.3 Å². The highest BCUT2D eigenvalue weighted by molar-refractivity contribution is 14.0. The van der Waals surface area contributed by atoms with Crippen molar-refractivity contribution in [2.75, 3.05) is 25.5 Å². The Morgan fingerprint density at radius 2 is 2.30 bits per heavy atom. The van der Waals surface area contributed by atoms with Gasteiger partial charge in [-0.15, -0.1) is 35.3 Å². The number of hydrogen-bond acceptors (Lipinski definition) is 5. The largest absolute Gasteiger partial charge is 0.373 e. The van der Waals surface area contributed by atoms with Crippen LogP contribution in [0.1, 0.15) is 31.9 Å². The molecule has 2 N–H and O–H groups in total.